The number of nitrogens with one attached hydrogen (secondary N) is 1. The summed E-state index contributed by atoms with van der Waals surface area (Å²) in [5.41, 5.74) is 0.936. The molecule has 0 spiro atoms. The number of ketones is 1. The maximum absolute atomic E-state index is 11.1. The molecule has 2 heteroatoms. The van der Waals surface area contributed by atoms with Gasteiger partial charge in [-0.1, -0.05) is 13.3 Å². The van der Waals surface area contributed by atoms with Crippen LogP contribution in [0.2, 0.25) is 0 Å². The number of carbonyl (C=O) groups is 1. The molecule has 0 aromatic carbocycles. The van der Waals surface area contributed by atoms with E-state index in [0.29, 0.717) is 6.42 Å². The van der Waals surface area contributed by atoms with Gasteiger partial charge in [-0.25, -0.2) is 0 Å². The van der Waals surface area contributed by atoms with E-state index in [1.165, 1.54) is 0 Å². The van der Waals surface area contributed by atoms with Crippen molar-refractivity contribution in [2.75, 3.05) is 7.05 Å². The highest BCUT2D eigenvalue weighted by Gasteiger charge is 1.95. The molecule has 0 unspecified atom stereocenters. The van der Waals surface area contributed by atoms with E-state index < -0.39 is 0 Å². The first-order valence-corrected chi connectivity index (χ1v) is 4.09. The number of rotatable bonds is 5. The summed E-state index contributed by atoms with van der Waals surface area (Å²) in [6.45, 7) is 3.98. The lowest BCUT2D eigenvalue weighted by atomic mass is 10.2. The Balaban J connectivity index is 3.67. The summed E-state index contributed by atoms with van der Waals surface area (Å²) >= 11 is 0. The van der Waals surface area contributed by atoms with Gasteiger partial charge in [0.2, 0.25) is 0 Å². The first-order valence-electron chi connectivity index (χ1n) is 4.09. The van der Waals surface area contributed by atoms with Gasteiger partial charge in [0.1, 0.15) is 0 Å². The highest BCUT2D eigenvalue weighted by Crippen LogP contribution is 1.97. The van der Waals surface area contributed by atoms with Gasteiger partial charge in [0.25, 0.3) is 0 Å². The molecule has 11 heavy (non-hydrogen) atoms. The number of unbranched alkanes of at least 4 members (excludes halogenated alkanes) is 1. The van der Waals surface area contributed by atoms with Crippen LogP contribution < -0.4 is 5.32 Å². The second-order valence-electron chi connectivity index (χ2n) is 2.65. The van der Waals surface area contributed by atoms with Crippen molar-refractivity contribution in [1.29, 1.82) is 0 Å². The monoisotopic (exact) mass is 155 g/mol. The molecular weight excluding hydrogens is 138 g/mol. The van der Waals surface area contributed by atoms with Gasteiger partial charge in [0.15, 0.2) is 5.78 Å². The molecule has 0 saturated carbocycles. The summed E-state index contributed by atoms with van der Waals surface area (Å²) < 4.78 is 0. The van der Waals surface area contributed by atoms with Crippen molar-refractivity contribution in [3.63, 3.8) is 0 Å². The van der Waals surface area contributed by atoms with Crippen LogP contribution in [0, 0.1) is 0 Å². The largest absolute Gasteiger partial charge is 0.392 e. The lowest BCUT2D eigenvalue weighted by Gasteiger charge is -1.97. The molecule has 0 amide bonds. The standard InChI is InChI=1S/C9H17NO/c1-4-5-6-9(11)7-8(2)10-3/h7,10H,4-6H2,1-3H3/b8-7+. The Morgan fingerprint density at radius 2 is 2.18 bits per heavy atom. The molecule has 64 valence electrons. The molecule has 0 saturated heterocycles. The molecule has 1 N–H and O–H groups in total. The summed E-state index contributed by atoms with van der Waals surface area (Å²) in [5.74, 6) is 0.221. The number of carbonyl (C=O) groups excluding carboxylic acids is 1. The van der Waals surface area contributed by atoms with Gasteiger partial charge < -0.3 is 5.32 Å². The van der Waals surface area contributed by atoms with Crippen LogP contribution in [0.5, 0.6) is 0 Å². The third-order valence-corrected chi connectivity index (χ3v) is 1.55. The lowest BCUT2D eigenvalue weighted by molar-refractivity contribution is -0.114. The fourth-order valence-electron chi connectivity index (χ4n) is 0.737. The Labute approximate surface area is 68.7 Å². The van der Waals surface area contributed by atoms with Crippen LogP contribution in [0.25, 0.3) is 0 Å². The number of hydrogen-bond donors (Lipinski definition) is 1. The Morgan fingerprint density at radius 1 is 1.55 bits per heavy atom. The smallest absolute Gasteiger partial charge is 0.157 e. The molecule has 2 nitrogen and oxygen atoms in total. The van der Waals surface area contributed by atoms with Crippen LogP contribution in [0.15, 0.2) is 11.8 Å². The van der Waals surface area contributed by atoms with Gasteiger partial charge in [0.05, 0.1) is 0 Å². The van der Waals surface area contributed by atoms with Gasteiger partial charge in [-0.2, -0.15) is 0 Å². The van der Waals surface area contributed by atoms with Crippen LogP contribution in [0.1, 0.15) is 33.1 Å². The zero-order chi connectivity index (χ0) is 8.69. The topological polar surface area (TPSA) is 29.1 Å². The lowest BCUT2D eigenvalue weighted by Crippen LogP contribution is -2.04. The fraction of sp³-hybridized carbons (Fsp3) is 0.667. The molecule has 0 bridgehead atoms. The minimum atomic E-state index is 0.221. The van der Waals surface area contributed by atoms with Gasteiger partial charge >= 0.3 is 0 Å². The van der Waals surface area contributed by atoms with E-state index >= 15 is 0 Å². The van der Waals surface area contributed by atoms with Crippen LogP contribution in [0.4, 0.5) is 0 Å². The summed E-state index contributed by atoms with van der Waals surface area (Å²) in [6, 6.07) is 0. The fourth-order valence-corrected chi connectivity index (χ4v) is 0.737. The molecule has 0 aliphatic heterocycles. The summed E-state index contributed by atoms with van der Waals surface area (Å²) in [7, 11) is 1.82. The second-order valence-corrected chi connectivity index (χ2v) is 2.65. The molecule has 0 rings (SSSR count). The average Bonchev–Trinajstić information content (AvgIpc) is 2.00. The van der Waals surface area contributed by atoms with Crippen molar-refractivity contribution in [2.45, 2.75) is 33.1 Å². The van der Waals surface area contributed by atoms with Gasteiger partial charge in [-0.15, -0.1) is 0 Å². The Morgan fingerprint density at radius 3 is 2.64 bits per heavy atom. The normalized spacial score (nSPS) is 11.4. The van der Waals surface area contributed by atoms with Crippen molar-refractivity contribution in [3.05, 3.63) is 11.8 Å². The molecule has 0 heterocycles. The SMILES string of the molecule is CCCCC(=O)/C=C(\C)NC. The van der Waals surface area contributed by atoms with Crippen molar-refractivity contribution >= 4 is 5.78 Å². The Bertz CT molecular complexity index is 150. The molecule has 0 radical (unpaired) electrons. The minimum Gasteiger partial charge on any atom is -0.392 e. The van der Waals surface area contributed by atoms with E-state index in [1.54, 1.807) is 6.08 Å². The predicted molar refractivity (Wildman–Crippen MR) is 47.3 cm³/mol. The zero-order valence-corrected chi connectivity index (χ0v) is 7.61. The van der Waals surface area contributed by atoms with E-state index in [0.717, 1.165) is 18.5 Å². The quantitative estimate of drug-likeness (QED) is 0.614. The van der Waals surface area contributed by atoms with Crippen molar-refractivity contribution in [3.8, 4) is 0 Å². The van der Waals surface area contributed by atoms with E-state index in [-0.39, 0.29) is 5.78 Å². The first kappa shape index (κ1) is 10.2. The summed E-state index contributed by atoms with van der Waals surface area (Å²) in [5, 5.41) is 2.91. The van der Waals surface area contributed by atoms with Gasteiger partial charge in [0, 0.05) is 19.2 Å². The van der Waals surface area contributed by atoms with Crippen molar-refractivity contribution in [2.24, 2.45) is 0 Å². The van der Waals surface area contributed by atoms with Gasteiger partial charge in [-0.05, 0) is 19.4 Å². The average molecular weight is 155 g/mol. The van der Waals surface area contributed by atoms with Crippen LogP contribution >= 0.6 is 0 Å². The highest BCUT2D eigenvalue weighted by atomic mass is 16.1. The zero-order valence-electron chi connectivity index (χ0n) is 7.61. The Kier molecular flexibility index (Phi) is 5.53. The maximum Gasteiger partial charge on any atom is 0.157 e. The van der Waals surface area contributed by atoms with Crippen LogP contribution in [-0.2, 0) is 4.79 Å². The number of allylic oxidation sites excluding steroid dienone is 2. The van der Waals surface area contributed by atoms with Crippen molar-refractivity contribution in [1.82, 2.24) is 5.32 Å². The molecule has 0 aliphatic rings. The highest BCUT2D eigenvalue weighted by molar-refractivity contribution is 5.90. The third-order valence-electron chi connectivity index (χ3n) is 1.55. The number of hydrogen-bond acceptors (Lipinski definition) is 2. The summed E-state index contributed by atoms with van der Waals surface area (Å²) in [6.07, 6.45) is 4.41. The van der Waals surface area contributed by atoms with E-state index in [1.807, 2.05) is 14.0 Å². The molecule has 0 aromatic rings. The molecule has 0 aliphatic carbocycles. The second kappa shape index (κ2) is 5.96. The van der Waals surface area contributed by atoms with Crippen LogP contribution in [0.3, 0.4) is 0 Å². The summed E-state index contributed by atoms with van der Waals surface area (Å²) in [4.78, 5) is 11.1. The van der Waals surface area contributed by atoms with Gasteiger partial charge in [-0.3, -0.25) is 4.79 Å². The predicted octanol–water partition coefficient (Wildman–Crippen LogP) is 1.87. The van der Waals surface area contributed by atoms with E-state index in [2.05, 4.69) is 12.2 Å². The van der Waals surface area contributed by atoms with E-state index in [9.17, 15) is 4.79 Å². The minimum absolute atomic E-state index is 0.221. The Hall–Kier alpha value is -0.790. The van der Waals surface area contributed by atoms with Crippen LogP contribution in [-0.4, -0.2) is 12.8 Å². The van der Waals surface area contributed by atoms with E-state index in [4.69, 9.17) is 0 Å². The molecule has 0 aromatic heterocycles. The van der Waals surface area contributed by atoms with Crippen molar-refractivity contribution < 1.29 is 4.79 Å². The maximum atomic E-state index is 11.1. The molecule has 0 fully saturated rings. The third kappa shape index (κ3) is 5.64. The first-order chi connectivity index (χ1) is 5.20. The molecule has 0 atom stereocenters. The molecular formula is C9H17NO.